The van der Waals surface area contributed by atoms with Crippen molar-refractivity contribution in [1.29, 1.82) is 0 Å². The summed E-state index contributed by atoms with van der Waals surface area (Å²) in [6.45, 7) is 3.34. The van der Waals surface area contributed by atoms with Gasteiger partial charge in [0.05, 0.1) is 13.0 Å². The number of carbonyl (C=O) groups is 2. The summed E-state index contributed by atoms with van der Waals surface area (Å²) in [5.74, 6) is -1.23. The first kappa shape index (κ1) is 14.2. The summed E-state index contributed by atoms with van der Waals surface area (Å²) < 4.78 is 5.11. The second-order valence-electron chi connectivity index (χ2n) is 3.68. The maximum atomic E-state index is 11.9. The van der Waals surface area contributed by atoms with Crippen LogP contribution in [-0.4, -0.2) is 36.7 Å². The minimum absolute atomic E-state index is 0.158. The molecule has 0 heterocycles. The van der Waals surface area contributed by atoms with Gasteiger partial charge in [0.2, 0.25) is 0 Å². The Labute approximate surface area is 106 Å². The third-order valence-electron chi connectivity index (χ3n) is 2.34. The third-order valence-corrected chi connectivity index (χ3v) is 2.34. The molecule has 0 bridgehead atoms. The van der Waals surface area contributed by atoms with Crippen molar-refractivity contribution in [3.8, 4) is 0 Å². The lowest BCUT2D eigenvalue weighted by Crippen LogP contribution is -2.28. The molecule has 0 saturated carbocycles. The zero-order chi connectivity index (χ0) is 13.4. The summed E-state index contributed by atoms with van der Waals surface area (Å²) in [6, 6.07) is 6.69. The number of carbonyl (C=O) groups excluding carboxylic acids is 1. The highest BCUT2D eigenvalue weighted by molar-refractivity contribution is 5.96. The lowest BCUT2D eigenvalue weighted by molar-refractivity contribution is -0.136. The van der Waals surface area contributed by atoms with E-state index in [-0.39, 0.29) is 12.3 Å². The highest BCUT2D eigenvalue weighted by Gasteiger charge is 2.12. The van der Waals surface area contributed by atoms with E-state index in [9.17, 15) is 9.59 Å². The van der Waals surface area contributed by atoms with Crippen LogP contribution in [0.3, 0.4) is 0 Å². The molecule has 0 aliphatic rings. The van der Waals surface area contributed by atoms with Crippen molar-refractivity contribution in [2.24, 2.45) is 0 Å². The first-order valence-electron chi connectivity index (χ1n) is 5.80. The van der Waals surface area contributed by atoms with Gasteiger partial charge in [-0.2, -0.15) is 0 Å². The van der Waals surface area contributed by atoms with E-state index in [1.165, 1.54) is 0 Å². The number of hydrogen-bond donors (Lipinski definition) is 2. The molecule has 0 aliphatic heterocycles. The summed E-state index contributed by atoms with van der Waals surface area (Å²) in [5.41, 5.74) is 0.912. The molecular weight excluding hydrogens is 234 g/mol. The molecule has 1 amide bonds. The van der Waals surface area contributed by atoms with Crippen LogP contribution >= 0.6 is 0 Å². The van der Waals surface area contributed by atoms with Crippen LogP contribution in [0.25, 0.3) is 0 Å². The van der Waals surface area contributed by atoms with E-state index in [0.29, 0.717) is 30.9 Å². The smallest absolute Gasteiger partial charge is 0.307 e. The van der Waals surface area contributed by atoms with Crippen molar-refractivity contribution in [2.75, 3.05) is 19.8 Å². The molecule has 0 radical (unpaired) electrons. The second kappa shape index (κ2) is 7.45. The molecule has 0 unspecified atom stereocenters. The number of nitrogens with one attached hydrogen (secondary N) is 1. The fourth-order valence-electron chi connectivity index (χ4n) is 1.54. The van der Waals surface area contributed by atoms with E-state index in [1.807, 2.05) is 6.92 Å². The standard InChI is InChI=1S/C13H17NO4/c1-2-18-8-7-14-13(17)11-6-4-3-5-10(11)9-12(15)16/h3-6H,2,7-9H2,1H3,(H,14,17)(H,15,16). The average molecular weight is 251 g/mol. The van der Waals surface area contributed by atoms with Crippen molar-refractivity contribution < 1.29 is 19.4 Å². The van der Waals surface area contributed by atoms with E-state index < -0.39 is 5.97 Å². The Kier molecular flexibility index (Phi) is 5.87. The van der Waals surface area contributed by atoms with Gasteiger partial charge in [-0.05, 0) is 18.6 Å². The van der Waals surface area contributed by atoms with Crippen LogP contribution in [0, 0.1) is 0 Å². The number of rotatable bonds is 7. The number of carboxylic acid groups (broad SMARTS) is 1. The molecule has 0 atom stereocenters. The van der Waals surface area contributed by atoms with E-state index in [4.69, 9.17) is 9.84 Å². The SMILES string of the molecule is CCOCCNC(=O)c1ccccc1CC(=O)O. The molecule has 2 N–H and O–H groups in total. The van der Waals surface area contributed by atoms with Crippen LogP contribution in [0.4, 0.5) is 0 Å². The fraction of sp³-hybridized carbons (Fsp3) is 0.385. The minimum Gasteiger partial charge on any atom is -0.481 e. The summed E-state index contributed by atoms with van der Waals surface area (Å²) in [7, 11) is 0. The number of hydrogen-bond acceptors (Lipinski definition) is 3. The largest absolute Gasteiger partial charge is 0.481 e. The molecule has 98 valence electrons. The molecule has 1 rings (SSSR count). The van der Waals surface area contributed by atoms with Gasteiger partial charge in [0.25, 0.3) is 5.91 Å². The lowest BCUT2D eigenvalue weighted by Gasteiger charge is -2.08. The molecule has 0 spiro atoms. The van der Waals surface area contributed by atoms with Gasteiger partial charge in [-0.15, -0.1) is 0 Å². The molecule has 5 nitrogen and oxygen atoms in total. The molecule has 5 heteroatoms. The van der Waals surface area contributed by atoms with Crippen LogP contribution in [0.15, 0.2) is 24.3 Å². The molecule has 1 aromatic carbocycles. The Balaban J connectivity index is 2.63. The summed E-state index contributed by atoms with van der Waals surface area (Å²) in [5, 5.41) is 11.5. The van der Waals surface area contributed by atoms with E-state index in [2.05, 4.69) is 5.32 Å². The van der Waals surface area contributed by atoms with E-state index in [1.54, 1.807) is 24.3 Å². The Morgan fingerprint density at radius 3 is 2.72 bits per heavy atom. The second-order valence-corrected chi connectivity index (χ2v) is 3.68. The Bertz CT molecular complexity index is 417. The van der Waals surface area contributed by atoms with Crippen molar-refractivity contribution in [3.63, 3.8) is 0 Å². The molecule has 0 saturated heterocycles. The number of carboxylic acids is 1. The monoisotopic (exact) mass is 251 g/mol. The predicted molar refractivity (Wildman–Crippen MR) is 66.6 cm³/mol. The highest BCUT2D eigenvalue weighted by atomic mass is 16.5. The maximum absolute atomic E-state index is 11.9. The molecular formula is C13H17NO4. The van der Waals surface area contributed by atoms with Crippen molar-refractivity contribution >= 4 is 11.9 Å². The van der Waals surface area contributed by atoms with Gasteiger partial charge in [-0.3, -0.25) is 9.59 Å². The summed E-state index contributed by atoms with van der Waals surface area (Å²) in [6.07, 6.45) is -0.158. The molecule has 0 aromatic heterocycles. The van der Waals surface area contributed by atoms with Gasteiger partial charge in [-0.25, -0.2) is 0 Å². The van der Waals surface area contributed by atoms with Gasteiger partial charge in [0, 0.05) is 18.7 Å². The van der Waals surface area contributed by atoms with E-state index >= 15 is 0 Å². The summed E-state index contributed by atoms with van der Waals surface area (Å²) >= 11 is 0. The van der Waals surface area contributed by atoms with Gasteiger partial charge in [0.15, 0.2) is 0 Å². The van der Waals surface area contributed by atoms with Gasteiger partial charge in [-0.1, -0.05) is 18.2 Å². The predicted octanol–water partition coefficient (Wildman–Crippen LogP) is 1.08. The quantitative estimate of drug-likeness (QED) is 0.711. The molecule has 0 fully saturated rings. The lowest BCUT2D eigenvalue weighted by atomic mass is 10.0. The zero-order valence-corrected chi connectivity index (χ0v) is 10.3. The van der Waals surface area contributed by atoms with Gasteiger partial charge < -0.3 is 15.2 Å². The average Bonchev–Trinajstić information content (AvgIpc) is 2.34. The number of amides is 1. The topological polar surface area (TPSA) is 75.6 Å². The third kappa shape index (κ3) is 4.55. The molecule has 18 heavy (non-hydrogen) atoms. The summed E-state index contributed by atoms with van der Waals surface area (Å²) in [4.78, 5) is 22.5. The molecule has 0 aliphatic carbocycles. The van der Waals surface area contributed by atoms with Crippen molar-refractivity contribution in [3.05, 3.63) is 35.4 Å². The van der Waals surface area contributed by atoms with Crippen LogP contribution in [0.5, 0.6) is 0 Å². The first-order valence-corrected chi connectivity index (χ1v) is 5.80. The normalized spacial score (nSPS) is 10.1. The number of aliphatic carboxylic acids is 1. The Morgan fingerprint density at radius 2 is 2.06 bits per heavy atom. The van der Waals surface area contributed by atoms with E-state index in [0.717, 1.165) is 0 Å². The van der Waals surface area contributed by atoms with Crippen LogP contribution in [-0.2, 0) is 16.0 Å². The number of ether oxygens (including phenoxy) is 1. The zero-order valence-electron chi connectivity index (χ0n) is 10.3. The van der Waals surface area contributed by atoms with Crippen LogP contribution in [0.1, 0.15) is 22.8 Å². The fourth-order valence-corrected chi connectivity index (χ4v) is 1.54. The Morgan fingerprint density at radius 1 is 1.33 bits per heavy atom. The van der Waals surface area contributed by atoms with Gasteiger partial charge >= 0.3 is 5.97 Å². The van der Waals surface area contributed by atoms with Gasteiger partial charge in [0.1, 0.15) is 0 Å². The maximum Gasteiger partial charge on any atom is 0.307 e. The minimum atomic E-state index is -0.954. The van der Waals surface area contributed by atoms with Crippen molar-refractivity contribution in [2.45, 2.75) is 13.3 Å². The first-order chi connectivity index (χ1) is 8.65. The Hall–Kier alpha value is -1.88. The van der Waals surface area contributed by atoms with Crippen LogP contribution < -0.4 is 5.32 Å². The number of benzene rings is 1. The van der Waals surface area contributed by atoms with Crippen LogP contribution in [0.2, 0.25) is 0 Å². The van der Waals surface area contributed by atoms with Crippen molar-refractivity contribution in [1.82, 2.24) is 5.32 Å². The highest BCUT2D eigenvalue weighted by Crippen LogP contribution is 2.09. The molecule has 1 aromatic rings.